The number of halogens is 1. The molecular formula is C11H22BrN3O2S. The van der Waals surface area contributed by atoms with Crippen LogP contribution in [0.2, 0.25) is 0 Å². The standard InChI is InChI=1S/C6H10BrNO2S.C5H12N2/c7-2-1-4-11-5-3-10-6(8)9;1-2-6-4-5-7-3-1/h1-2H,3-5H2,(H2,8,9);6-7H,1-5H2. The maximum atomic E-state index is 10.1. The lowest BCUT2D eigenvalue weighted by atomic mass is 10.4. The molecule has 0 atom stereocenters. The minimum Gasteiger partial charge on any atom is -0.449 e. The number of thioether (sulfide) groups is 1. The Morgan fingerprint density at radius 3 is 2.56 bits per heavy atom. The van der Waals surface area contributed by atoms with Crippen molar-refractivity contribution in [2.24, 2.45) is 5.73 Å². The summed E-state index contributed by atoms with van der Waals surface area (Å²) in [7, 11) is 0. The molecule has 1 amide bonds. The highest BCUT2D eigenvalue weighted by Gasteiger charge is 1.92. The number of ether oxygens (including phenoxy) is 1. The van der Waals surface area contributed by atoms with E-state index in [4.69, 9.17) is 5.73 Å². The number of primary amides is 1. The molecule has 0 radical (unpaired) electrons. The Labute approximate surface area is 121 Å². The molecule has 1 aliphatic heterocycles. The van der Waals surface area contributed by atoms with Crippen molar-refractivity contribution in [2.45, 2.75) is 6.42 Å². The van der Waals surface area contributed by atoms with E-state index in [9.17, 15) is 4.79 Å². The van der Waals surface area contributed by atoms with E-state index >= 15 is 0 Å². The highest BCUT2D eigenvalue weighted by Crippen LogP contribution is 2.00. The minimum atomic E-state index is -0.707. The summed E-state index contributed by atoms with van der Waals surface area (Å²) in [6, 6.07) is 0. The fourth-order valence-corrected chi connectivity index (χ4v) is 2.19. The normalized spacial score (nSPS) is 15.6. The first-order valence-electron chi connectivity index (χ1n) is 5.94. The van der Waals surface area contributed by atoms with Crippen molar-refractivity contribution in [2.75, 3.05) is 44.3 Å². The zero-order valence-corrected chi connectivity index (χ0v) is 12.9. The number of hydrogen-bond acceptors (Lipinski definition) is 5. The highest BCUT2D eigenvalue weighted by molar-refractivity contribution is 9.11. The maximum Gasteiger partial charge on any atom is 0.404 e. The summed E-state index contributed by atoms with van der Waals surface area (Å²) in [5, 5.41) is 6.57. The molecule has 0 spiro atoms. The van der Waals surface area contributed by atoms with Gasteiger partial charge >= 0.3 is 6.09 Å². The molecule has 1 aliphatic rings. The molecule has 0 aromatic heterocycles. The Balaban J connectivity index is 0.000000351. The van der Waals surface area contributed by atoms with Crippen LogP contribution >= 0.6 is 27.7 Å². The molecule has 1 heterocycles. The van der Waals surface area contributed by atoms with Gasteiger partial charge in [0.05, 0.1) is 0 Å². The Kier molecular flexibility index (Phi) is 14.6. The number of amides is 1. The SMILES string of the molecule is C1CNCCNC1.NC(=O)OCCSCC=CBr. The number of nitrogens with one attached hydrogen (secondary N) is 2. The molecule has 0 bridgehead atoms. The number of nitrogens with two attached hydrogens (primary N) is 1. The van der Waals surface area contributed by atoms with Crippen molar-refractivity contribution >= 4 is 33.8 Å². The highest BCUT2D eigenvalue weighted by atomic mass is 79.9. The zero-order valence-electron chi connectivity index (χ0n) is 10.5. The van der Waals surface area contributed by atoms with Gasteiger partial charge in [-0.25, -0.2) is 4.79 Å². The zero-order chi connectivity index (χ0) is 13.5. The molecule has 0 saturated carbocycles. The van der Waals surface area contributed by atoms with Gasteiger partial charge in [-0.2, -0.15) is 11.8 Å². The predicted octanol–water partition coefficient (Wildman–Crippen LogP) is 1.29. The molecule has 18 heavy (non-hydrogen) atoms. The first kappa shape index (κ1) is 17.8. The van der Waals surface area contributed by atoms with Crippen LogP contribution in [0.3, 0.4) is 0 Å². The molecule has 1 fully saturated rings. The summed E-state index contributed by atoms with van der Waals surface area (Å²) in [4.78, 5) is 11.9. The molecule has 0 aromatic rings. The molecule has 1 saturated heterocycles. The summed E-state index contributed by atoms with van der Waals surface area (Å²) in [6.07, 6.45) is 2.54. The van der Waals surface area contributed by atoms with Gasteiger partial charge in [0.2, 0.25) is 0 Å². The number of rotatable bonds is 5. The van der Waals surface area contributed by atoms with Crippen molar-refractivity contribution < 1.29 is 9.53 Å². The van der Waals surface area contributed by atoms with Crippen molar-refractivity contribution in [3.63, 3.8) is 0 Å². The molecule has 7 heteroatoms. The van der Waals surface area contributed by atoms with Gasteiger partial charge in [-0.05, 0) is 24.5 Å². The van der Waals surface area contributed by atoms with E-state index in [1.165, 1.54) is 19.5 Å². The molecular weight excluding hydrogens is 318 g/mol. The van der Waals surface area contributed by atoms with Gasteiger partial charge in [-0.3, -0.25) is 0 Å². The van der Waals surface area contributed by atoms with E-state index < -0.39 is 6.09 Å². The Hall–Kier alpha value is -0.240. The van der Waals surface area contributed by atoms with E-state index in [1.807, 2.05) is 6.08 Å². The van der Waals surface area contributed by atoms with Gasteiger partial charge in [0, 0.05) is 24.6 Å². The summed E-state index contributed by atoms with van der Waals surface area (Å²) in [6.45, 7) is 5.04. The van der Waals surface area contributed by atoms with Crippen LogP contribution in [0.25, 0.3) is 0 Å². The van der Waals surface area contributed by atoms with Gasteiger partial charge in [-0.1, -0.05) is 22.0 Å². The molecule has 106 valence electrons. The monoisotopic (exact) mass is 339 g/mol. The lowest BCUT2D eigenvalue weighted by Gasteiger charge is -1.98. The molecule has 5 nitrogen and oxygen atoms in total. The first-order valence-corrected chi connectivity index (χ1v) is 8.01. The fraction of sp³-hybridized carbons (Fsp3) is 0.727. The van der Waals surface area contributed by atoms with E-state index in [1.54, 1.807) is 16.7 Å². The quantitative estimate of drug-likeness (QED) is 0.658. The average molecular weight is 340 g/mol. The smallest absolute Gasteiger partial charge is 0.404 e. The number of hydrogen-bond donors (Lipinski definition) is 3. The van der Waals surface area contributed by atoms with Gasteiger partial charge < -0.3 is 21.1 Å². The third-order valence-corrected chi connectivity index (χ3v) is 3.22. The van der Waals surface area contributed by atoms with Crippen LogP contribution in [-0.4, -0.2) is 50.4 Å². The number of carbonyl (C=O) groups excluding carboxylic acids is 1. The van der Waals surface area contributed by atoms with Crippen LogP contribution in [-0.2, 0) is 4.74 Å². The average Bonchev–Trinajstić information content (AvgIpc) is 2.66. The summed E-state index contributed by atoms with van der Waals surface area (Å²) in [5.74, 6) is 1.69. The molecule has 0 unspecified atom stereocenters. The van der Waals surface area contributed by atoms with Crippen LogP contribution in [0.4, 0.5) is 4.79 Å². The van der Waals surface area contributed by atoms with Gasteiger partial charge in [0.1, 0.15) is 6.61 Å². The van der Waals surface area contributed by atoms with Crippen LogP contribution in [0.1, 0.15) is 6.42 Å². The minimum absolute atomic E-state index is 0.385. The van der Waals surface area contributed by atoms with Crippen molar-refractivity contribution in [3.05, 3.63) is 11.1 Å². The molecule has 4 N–H and O–H groups in total. The third kappa shape index (κ3) is 15.8. The molecule has 0 aliphatic carbocycles. The molecule has 0 aromatic carbocycles. The van der Waals surface area contributed by atoms with Gasteiger partial charge in [-0.15, -0.1) is 0 Å². The second-order valence-corrected chi connectivity index (χ2v) is 5.14. The van der Waals surface area contributed by atoms with E-state index in [0.717, 1.165) is 24.6 Å². The van der Waals surface area contributed by atoms with Crippen LogP contribution in [0.15, 0.2) is 11.1 Å². The van der Waals surface area contributed by atoms with Crippen LogP contribution in [0, 0.1) is 0 Å². The maximum absolute atomic E-state index is 10.1. The van der Waals surface area contributed by atoms with Crippen LogP contribution in [0.5, 0.6) is 0 Å². The largest absolute Gasteiger partial charge is 0.449 e. The predicted molar refractivity (Wildman–Crippen MR) is 81.3 cm³/mol. The van der Waals surface area contributed by atoms with E-state index in [-0.39, 0.29) is 0 Å². The molecule has 1 rings (SSSR count). The number of carbonyl (C=O) groups is 1. The van der Waals surface area contributed by atoms with E-state index in [0.29, 0.717) is 6.61 Å². The van der Waals surface area contributed by atoms with Crippen molar-refractivity contribution in [3.8, 4) is 0 Å². The van der Waals surface area contributed by atoms with Gasteiger partial charge in [0.25, 0.3) is 0 Å². The Bertz CT molecular complexity index is 211. The van der Waals surface area contributed by atoms with Crippen LogP contribution < -0.4 is 16.4 Å². The topological polar surface area (TPSA) is 76.4 Å². The Morgan fingerprint density at radius 2 is 2.00 bits per heavy atom. The lowest BCUT2D eigenvalue weighted by molar-refractivity contribution is 0.164. The van der Waals surface area contributed by atoms with Gasteiger partial charge in [0.15, 0.2) is 0 Å². The third-order valence-electron chi connectivity index (χ3n) is 1.96. The second kappa shape index (κ2) is 14.8. The Morgan fingerprint density at radius 1 is 1.33 bits per heavy atom. The van der Waals surface area contributed by atoms with Crippen molar-refractivity contribution in [1.29, 1.82) is 0 Å². The summed E-state index contributed by atoms with van der Waals surface area (Å²) in [5.41, 5.74) is 4.74. The summed E-state index contributed by atoms with van der Waals surface area (Å²) >= 11 is 4.81. The fourth-order valence-electron chi connectivity index (χ4n) is 1.15. The second-order valence-electron chi connectivity index (χ2n) is 3.46. The van der Waals surface area contributed by atoms with E-state index in [2.05, 4.69) is 31.3 Å². The van der Waals surface area contributed by atoms with Crippen molar-refractivity contribution in [1.82, 2.24) is 10.6 Å². The first-order chi connectivity index (χ1) is 8.77. The lowest BCUT2D eigenvalue weighted by Crippen LogP contribution is -2.21. The summed E-state index contributed by atoms with van der Waals surface area (Å²) < 4.78 is 4.50.